The van der Waals surface area contributed by atoms with Crippen LogP contribution in [0.15, 0.2) is 29.6 Å². The number of fused-ring (bicyclic) bond motifs is 1. The molecule has 0 spiro atoms. The number of methoxy groups -OCH3 is 2. The highest BCUT2D eigenvalue weighted by Crippen LogP contribution is 2.33. The molecule has 0 bridgehead atoms. The molecule has 0 unspecified atom stereocenters. The van der Waals surface area contributed by atoms with Gasteiger partial charge in [-0.1, -0.05) is 6.07 Å². The standard InChI is InChI=1S/C23H26N2O6S/c1-29-18-11-15-7-9-24(13-16(15)12-19(18)30-2)21(26)14-31-23(28)17-5-3-8-25(17)22(27)20-6-4-10-32-20/h4,6,10-12,17H,3,5,7-9,13-14H2,1-2H3/t17-/m0/s1. The Morgan fingerprint density at radius 1 is 1.09 bits per heavy atom. The van der Waals surface area contributed by atoms with E-state index in [0.29, 0.717) is 48.9 Å². The Hall–Kier alpha value is -3.07. The number of rotatable bonds is 6. The number of thiophene rings is 1. The van der Waals surface area contributed by atoms with Gasteiger partial charge in [-0.3, -0.25) is 9.59 Å². The largest absolute Gasteiger partial charge is 0.493 e. The summed E-state index contributed by atoms with van der Waals surface area (Å²) in [5.41, 5.74) is 2.09. The molecule has 0 saturated carbocycles. The maximum Gasteiger partial charge on any atom is 0.329 e. The van der Waals surface area contributed by atoms with E-state index in [1.165, 1.54) is 11.3 Å². The average Bonchev–Trinajstić information content (AvgIpc) is 3.53. The van der Waals surface area contributed by atoms with Gasteiger partial charge in [-0.2, -0.15) is 0 Å². The highest BCUT2D eigenvalue weighted by molar-refractivity contribution is 7.12. The van der Waals surface area contributed by atoms with Gasteiger partial charge in [-0.05, 0) is 54.0 Å². The second-order valence-electron chi connectivity index (χ2n) is 7.78. The summed E-state index contributed by atoms with van der Waals surface area (Å²) in [4.78, 5) is 41.9. The second-order valence-corrected chi connectivity index (χ2v) is 8.73. The molecule has 1 aromatic heterocycles. The first-order valence-electron chi connectivity index (χ1n) is 10.5. The fourth-order valence-corrected chi connectivity index (χ4v) is 4.89. The van der Waals surface area contributed by atoms with Gasteiger partial charge in [0.25, 0.3) is 11.8 Å². The van der Waals surface area contributed by atoms with E-state index < -0.39 is 12.0 Å². The lowest BCUT2D eigenvalue weighted by atomic mass is 9.99. The molecule has 170 valence electrons. The predicted octanol–water partition coefficient (Wildman–Crippen LogP) is 2.50. The van der Waals surface area contributed by atoms with Crippen LogP contribution in [0.2, 0.25) is 0 Å². The van der Waals surface area contributed by atoms with Crippen molar-refractivity contribution in [2.45, 2.75) is 31.8 Å². The fraction of sp³-hybridized carbons (Fsp3) is 0.435. The van der Waals surface area contributed by atoms with Crippen molar-refractivity contribution in [3.8, 4) is 11.5 Å². The predicted molar refractivity (Wildman–Crippen MR) is 118 cm³/mol. The molecule has 8 nitrogen and oxygen atoms in total. The van der Waals surface area contributed by atoms with Gasteiger partial charge in [0.2, 0.25) is 0 Å². The first kappa shape index (κ1) is 22.1. The smallest absolute Gasteiger partial charge is 0.329 e. The molecule has 1 aromatic carbocycles. The number of amides is 2. The minimum Gasteiger partial charge on any atom is -0.493 e. The van der Waals surface area contributed by atoms with Gasteiger partial charge in [0.05, 0.1) is 19.1 Å². The number of hydrogen-bond acceptors (Lipinski definition) is 7. The zero-order valence-corrected chi connectivity index (χ0v) is 19.0. The molecular weight excluding hydrogens is 432 g/mol. The maximum atomic E-state index is 12.7. The van der Waals surface area contributed by atoms with Gasteiger partial charge in [-0.25, -0.2) is 4.79 Å². The van der Waals surface area contributed by atoms with E-state index in [0.717, 1.165) is 17.5 Å². The molecule has 2 aliphatic heterocycles. The summed E-state index contributed by atoms with van der Waals surface area (Å²) in [6.07, 6.45) is 1.96. The van der Waals surface area contributed by atoms with Crippen LogP contribution in [0, 0.1) is 0 Å². The molecule has 2 amide bonds. The van der Waals surface area contributed by atoms with Crippen molar-refractivity contribution in [3.05, 3.63) is 45.6 Å². The fourth-order valence-electron chi connectivity index (χ4n) is 4.21. The van der Waals surface area contributed by atoms with Crippen LogP contribution in [0.3, 0.4) is 0 Å². The van der Waals surface area contributed by atoms with Crippen molar-refractivity contribution < 1.29 is 28.6 Å². The molecule has 0 N–H and O–H groups in total. The van der Waals surface area contributed by atoms with Gasteiger partial charge < -0.3 is 24.0 Å². The molecular formula is C23H26N2O6S. The lowest BCUT2D eigenvalue weighted by Crippen LogP contribution is -2.43. The quantitative estimate of drug-likeness (QED) is 0.619. The first-order chi connectivity index (χ1) is 15.5. The lowest BCUT2D eigenvalue weighted by Gasteiger charge is -2.30. The molecule has 2 aliphatic rings. The number of ether oxygens (including phenoxy) is 3. The molecule has 1 saturated heterocycles. The number of carbonyl (C=O) groups excluding carboxylic acids is 3. The average molecular weight is 459 g/mol. The van der Waals surface area contributed by atoms with E-state index in [4.69, 9.17) is 14.2 Å². The molecule has 3 heterocycles. The van der Waals surface area contributed by atoms with Gasteiger partial charge in [0, 0.05) is 19.6 Å². The van der Waals surface area contributed by atoms with Crippen LogP contribution in [0.25, 0.3) is 0 Å². The Labute approximate surface area is 190 Å². The van der Waals surface area contributed by atoms with Crippen molar-refractivity contribution >= 4 is 29.1 Å². The normalized spacial score (nSPS) is 17.6. The van der Waals surface area contributed by atoms with Crippen molar-refractivity contribution in [1.29, 1.82) is 0 Å². The Kier molecular flexibility index (Phi) is 6.64. The minimum atomic E-state index is -0.642. The number of likely N-dealkylation sites (tertiary alicyclic amines) is 1. The third kappa shape index (κ3) is 4.43. The third-order valence-corrected chi connectivity index (χ3v) is 6.78. The van der Waals surface area contributed by atoms with E-state index in [-0.39, 0.29) is 18.4 Å². The summed E-state index contributed by atoms with van der Waals surface area (Å²) in [7, 11) is 3.17. The summed E-state index contributed by atoms with van der Waals surface area (Å²) >= 11 is 1.35. The number of esters is 1. The van der Waals surface area contributed by atoms with E-state index in [1.807, 2.05) is 23.6 Å². The van der Waals surface area contributed by atoms with Crippen molar-refractivity contribution in [2.75, 3.05) is 33.9 Å². The van der Waals surface area contributed by atoms with Crippen molar-refractivity contribution in [3.63, 3.8) is 0 Å². The van der Waals surface area contributed by atoms with Crippen LogP contribution >= 0.6 is 11.3 Å². The number of nitrogens with zero attached hydrogens (tertiary/aromatic N) is 2. The van der Waals surface area contributed by atoms with Crippen LogP contribution < -0.4 is 9.47 Å². The van der Waals surface area contributed by atoms with Gasteiger partial charge >= 0.3 is 5.97 Å². The van der Waals surface area contributed by atoms with E-state index in [9.17, 15) is 14.4 Å². The van der Waals surface area contributed by atoms with Gasteiger partial charge in [0.15, 0.2) is 18.1 Å². The Morgan fingerprint density at radius 3 is 2.53 bits per heavy atom. The highest BCUT2D eigenvalue weighted by Gasteiger charge is 2.36. The Bertz CT molecular complexity index is 1010. The monoisotopic (exact) mass is 458 g/mol. The second kappa shape index (κ2) is 9.60. The zero-order chi connectivity index (χ0) is 22.7. The number of benzene rings is 1. The summed E-state index contributed by atoms with van der Waals surface area (Å²) in [6.45, 7) is 1.13. The third-order valence-electron chi connectivity index (χ3n) is 5.93. The van der Waals surface area contributed by atoms with E-state index >= 15 is 0 Å². The zero-order valence-electron chi connectivity index (χ0n) is 18.2. The molecule has 1 fully saturated rings. The molecule has 9 heteroatoms. The summed E-state index contributed by atoms with van der Waals surface area (Å²) in [5.74, 6) is 0.335. The van der Waals surface area contributed by atoms with E-state index in [2.05, 4.69) is 0 Å². The topological polar surface area (TPSA) is 85.4 Å². The lowest BCUT2D eigenvalue weighted by molar-refractivity contribution is -0.155. The molecule has 2 aromatic rings. The Balaban J connectivity index is 1.35. The summed E-state index contributed by atoms with van der Waals surface area (Å²) < 4.78 is 16.1. The van der Waals surface area contributed by atoms with Crippen LogP contribution in [-0.2, 0) is 27.3 Å². The molecule has 32 heavy (non-hydrogen) atoms. The number of carbonyl (C=O) groups is 3. The minimum absolute atomic E-state index is 0.164. The van der Waals surface area contributed by atoms with Crippen LogP contribution in [-0.4, -0.2) is 67.5 Å². The van der Waals surface area contributed by atoms with Crippen molar-refractivity contribution in [2.24, 2.45) is 0 Å². The van der Waals surface area contributed by atoms with Crippen LogP contribution in [0.4, 0.5) is 0 Å². The molecule has 0 aliphatic carbocycles. The first-order valence-corrected chi connectivity index (χ1v) is 11.4. The van der Waals surface area contributed by atoms with Crippen LogP contribution in [0.1, 0.15) is 33.6 Å². The van der Waals surface area contributed by atoms with Gasteiger partial charge in [-0.15, -0.1) is 11.3 Å². The number of hydrogen-bond donors (Lipinski definition) is 0. The Morgan fingerprint density at radius 2 is 1.84 bits per heavy atom. The highest BCUT2D eigenvalue weighted by atomic mass is 32.1. The molecule has 0 radical (unpaired) electrons. The summed E-state index contributed by atoms with van der Waals surface area (Å²) in [5, 5.41) is 1.83. The SMILES string of the molecule is COc1cc2c(cc1OC)CN(C(=O)COC(=O)[C@@H]1CCCN1C(=O)c1cccs1)CC2. The summed E-state index contributed by atoms with van der Waals surface area (Å²) in [6, 6.07) is 6.73. The molecule has 4 rings (SSSR count). The van der Waals surface area contributed by atoms with E-state index in [1.54, 1.807) is 30.1 Å². The maximum absolute atomic E-state index is 12.7. The van der Waals surface area contributed by atoms with Gasteiger partial charge in [0.1, 0.15) is 6.04 Å². The van der Waals surface area contributed by atoms with Crippen molar-refractivity contribution in [1.82, 2.24) is 9.80 Å². The van der Waals surface area contributed by atoms with Crippen LogP contribution in [0.5, 0.6) is 11.5 Å². The molecule has 1 atom stereocenters.